The molecule has 4 bridgehead atoms. The molecule has 0 amide bonds. The van der Waals surface area contributed by atoms with E-state index in [1.807, 2.05) is 0 Å². The second kappa shape index (κ2) is 3.99. The molecule has 4 saturated carbocycles. The lowest BCUT2D eigenvalue weighted by molar-refractivity contribution is -0.215. The number of hydrogen-bond acceptors (Lipinski definition) is 2. The Balaban J connectivity index is 1.60. The van der Waals surface area contributed by atoms with Gasteiger partial charge in [0.25, 0.3) is 0 Å². The summed E-state index contributed by atoms with van der Waals surface area (Å²) in [5, 5.41) is 0. The number of rotatable bonds is 4. The molecule has 0 aromatic carbocycles. The molecule has 2 heteroatoms. The molecule has 0 aromatic rings. The van der Waals surface area contributed by atoms with E-state index in [1.165, 1.54) is 38.5 Å². The van der Waals surface area contributed by atoms with Crippen LogP contribution in [0.2, 0.25) is 0 Å². The Morgan fingerprint density at radius 3 is 1.94 bits per heavy atom. The van der Waals surface area contributed by atoms with Gasteiger partial charge in [-0.25, -0.2) is 0 Å². The van der Waals surface area contributed by atoms with Gasteiger partial charge in [0, 0.05) is 0 Å². The standard InChI is InChI=1S/C14H24O2/c1-10(2)15-9-16-14-6-11-3-12(7-14)5-13(4-11)8-14/h10-13H,3-9H2,1-2H3. The maximum atomic E-state index is 6.13. The Kier molecular flexibility index (Phi) is 2.75. The topological polar surface area (TPSA) is 18.5 Å². The summed E-state index contributed by atoms with van der Waals surface area (Å²) < 4.78 is 11.7. The molecule has 16 heavy (non-hydrogen) atoms. The van der Waals surface area contributed by atoms with Crippen molar-refractivity contribution in [2.75, 3.05) is 6.79 Å². The predicted molar refractivity (Wildman–Crippen MR) is 63.1 cm³/mol. The average molecular weight is 224 g/mol. The second-order valence-corrected chi connectivity index (χ2v) is 6.58. The van der Waals surface area contributed by atoms with E-state index < -0.39 is 0 Å². The van der Waals surface area contributed by atoms with Crippen molar-refractivity contribution >= 4 is 0 Å². The van der Waals surface area contributed by atoms with Crippen LogP contribution in [0, 0.1) is 17.8 Å². The Labute approximate surface area is 98.7 Å². The van der Waals surface area contributed by atoms with Gasteiger partial charge < -0.3 is 9.47 Å². The third-order valence-electron chi connectivity index (χ3n) is 4.75. The van der Waals surface area contributed by atoms with Gasteiger partial charge in [-0.2, -0.15) is 0 Å². The van der Waals surface area contributed by atoms with Crippen molar-refractivity contribution < 1.29 is 9.47 Å². The highest BCUT2D eigenvalue weighted by molar-refractivity contribution is 5.02. The van der Waals surface area contributed by atoms with Gasteiger partial charge in [-0.15, -0.1) is 0 Å². The van der Waals surface area contributed by atoms with Crippen molar-refractivity contribution in [1.29, 1.82) is 0 Å². The highest BCUT2D eigenvalue weighted by atomic mass is 16.7. The molecule has 4 fully saturated rings. The fourth-order valence-corrected chi connectivity index (χ4v) is 4.50. The minimum atomic E-state index is 0.212. The van der Waals surface area contributed by atoms with Crippen LogP contribution in [0.25, 0.3) is 0 Å². The molecule has 0 saturated heterocycles. The molecule has 4 aliphatic carbocycles. The van der Waals surface area contributed by atoms with E-state index in [1.54, 1.807) is 0 Å². The fourth-order valence-electron chi connectivity index (χ4n) is 4.50. The van der Waals surface area contributed by atoms with Crippen LogP contribution in [0.5, 0.6) is 0 Å². The number of hydrogen-bond donors (Lipinski definition) is 0. The highest BCUT2D eigenvalue weighted by Gasteiger charge is 2.51. The van der Waals surface area contributed by atoms with Gasteiger partial charge in [-0.3, -0.25) is 0 Å². The largest absolute Gasteiger partial charge is 0.353 e. The van der Waals surface area contributed by atoms with Crippen LogP contribution >= 0.6 is 0 Å². The zero-order valence-corrected chi connectivity index (χ0v) is 10.6. The van der Waals surface area contributed by atoms with E-state index in [-0.39, 0.29) is 11.7 Å². The van der Waals surface area contributed by atoms with Crippen LogP contribution in [-0.2, 0) is 9.47 Å². The van der Waals surface area contributed by atoms with Gasteiger partial charge in [0.15, 0.2) is 0 Å². The lowest BCUT2D eigenvalue weighted by atomic mass is 9.54. The molecule has 0 atom stereocenters. The van der Waals surface area contributed by atoms with Gasteiger partial charge >= 0.3 is 0 Å². The summed E-state index contributed by atoms with van der Waals surface area (Å²) in [7, 11) is 0. The summed E-state index contributed by atoms with van der Waals surface area (Å²) in [6.07, 6.45) is 8.64. The van der Waals surface area contributed by atoms with Gasteiger partial charge in [0.05, 0.1) is 11.7 Å². The molecule has 4 rings (SSSR count). The van der Waals surface area contributed by atoms with Crippen LogP contribution < -0.4 is 0 Å². The van der Waals surface area contributed by atoms with Crippen molar-refractivity contribution in [1.82, 2.24) is 0 Å². The lowest BCUT2D eigenvalue weighted by Crippen LogP contribution is -2.52. The minimum absolute atomic E-state index is 0.212. The van der Waals surface area contributed by atoms with E-state index in [2.05, 4.69) is 13.8 Å². The summed E-state index contributed by atoms with van der Waals surface area (Å²) >= 11 is 0. The smallest absolute Gasteiger partial charge is 0.147 e. The SMILES string of the molecule is CC(C)OCOC12CC3CC(CC(C3)C1)C2. The van der Waals surface area contributed by atoms with Gasteiger partial charge in [-0.1, -0.05) is 0 Å². The number of ether oxygens (including phenoxy) is 2. The Morgan fingerprint density at radius 1 is 1.00 bits per heavy atom. The van der Waals surface area contributed by atoms with Crippen LogP contribution in [0.15, 0.2) is 0 Å². The van der Waals surface area contributed by atoms with Crippen molar-refractivity contribution in [2.24, 2.45) is 17.8 Å². The zero-order chi connectivity index (χ0) is 11.2. The van der Waals surface area contributed by atoms with Gasteiger partial charge in [-0.05, 0) is 70.1 Å². The van der Waals surface area contributed by atoms with Gasteiger partial charge in [0.2, 0.25) is 0 Å². The molecular weight excluding hydrogens is 200 g/mol. The summed E-state index contributed by atoms with van der Waals surface area (Å²) in [6.45, 7) is 4.65. The summed E-state index contributed by atoms with van der Waals surface area (Å²) in [6, 6.07) is 0. The quantitative estimate of drug-likeness (QED) is 0.682. The van der Waals surface area contributed by atoms with Crippen molar-refractivity contribution in [3.05, 3.63) is 0 Å². The zero-order valence-electron chi connectivity index (χ0n) is 10.6. The molecule has 4 aliphatic rings. The van der Waals surface area contributed by atoms with E-state index >= 15 is 0 Å². The second-order valence-electron chi connectivity index (χ2n) is 6.58. The summed E-state index contributed by atoms with van der Waals surface area (Å²) in [5.41, 5.74) is 0.212. The van der Waals surface area contributed by atoms with Crippen molar-refractivity contribution in [2.45, 2.75) is 64.1 Å². The first kappa shape index (κ1) is 11.0. The summed E-state index contributed by atoms with van der Waals surface area (Å²) in [4.78, 5) is 0. The van der Waals surface area contributed by atoms with Crippen LogP contribution in [0.4, 0.5) is 0 Å². The Hall–Kier alpha value is -0.0800. The van der Waals surface area contributed by atoms with E-state index in [0.717, 1.165) is 17.8 Å². The maximum Gasteiger partial charge on any atom is 0.147 e. The first-order valence-corrected chi connectivity index (χ1v) is 6.91. The molecule has 0 N–H and O–H groups in total. The highest BCUT2D eigenvalue weighted by Crippen LogP contribution is 2.57. The molecule has 0 heterocycles. The molecule has 0 aliphatic heterocycles. The molecule has 0 spiro atoms. The van der Waals surface area contributed by atoms with Crippen LogP contribution in [0.3, 0.4) is 0 Å². The average Bonchev–Trinajstić information content (AvgIpc) is 2.13. The van der Waals surface area contributed by atoms with Crippen LogP contribution in [0.1, 0.15) is 52.4 Å². The Bertz CT molecular complexity index is 224. The molecule has 92 valence electrons. The van der Waals surface area contributed by atoms with Crippen molar-refractivity contribution in [3.63, 3.8) is 0 Å². The van der Waals surface area contributed by atoms with E-state index in [0.29, 0.717) is 6.79 Å². The predicted octanol–water partition coefficient (Wildman–Crippen LogP) is 3.35. The molecule has 0 unspecified atom stereocenters. The molecule has 0 aromatic heterocycles. The first-order chi connectivity index (χ1) is 7.65. The lowest BCUT2D eigenvalue weighted by Gasteiger charge is -2.56. The first-order valence-electron chi connectivity index (χ1n) is 6.91. The fraction of sp³-hybridized carbons (Fsp3) is 1.00. The minimum Gasteiger partial charge on any atom is -0.353 e. The van der Waals surface area contributed by atoms with Gasteiger partial charge in [0.1, 0.15) is 6.79 Å². The molecule has 2 nitrogen and oxygen atoms in total. The Morgan fingerprint density at radius 2 is 1.50 bits per heavy atom. The van der Waals surface area contributed by atoms with Crippen molar-refractivity contribution in [3.8, 4) is 0 Å². The normalized spacial score (nSPS) is 45.6. The third kappa shape index (κ3) is 2.02. The maximum absolute atomic E-state index is 6.13. The molecular formula is C14H24O2. The van der Waals surface area contributed by atoms with E-state index in [9.17, 15) is 0 Å². The summed E-state index contributed by atoms with van der Waals surface area (Å²) in [5.74, 6) is 2.89. The van der Waals surface area contributed by atoms with E-state index in [4.69, 9.17) is 9.47 Å². The third-order valence-corrected chi connectivity index (χ3v) is 4.75. The molecule has 0 radical (unpaired) electrons. The monoisotopic (exact) mass is 224 g/mol. The van der Waals surface area contributed by atoms with Crippen LogP contribution in [-0.4, -0.2) is 18.5 Å².